The fraction of sp³-hybridized carbons (Fsp3) is 0.565. The molecule has 4 rings (SSSR count). The lowest BCUT2D eigenvalue weighted by Crippen LogP contribution is -2.47. The summed E-state index contributed by atoms with van der Waals surface area (Å²) in [5, 5.41) is 4.71. The first kappa shape index (κ1) is 22.2. The highest BCUT2D eigenvalue weighted by atomic mass is 32.2. The molecule has 2 N–H and O–H groups in total. The van der Waals surface area contributed by atoms with E-state index in [2.05, 4.69) is 51.7 Å². The summed E-state index contributed by atoms with van der Waals surface area (Å²) in [7, 11) is 0. The Kier molecular flexibility index (Phi) is 7.53. The third kappa shape index (κ3) is 5.61. The molecule has 3 heterocycles. The van der Waals surface area contributed by atoms with Gasteiger partial charge in [0, 0.05) is 44.5 Å². The number of nitrogens with two attached hydrogens (primary N) is 1. The van der Waals surface area contributed by atoms with Crippen LogP contribution >= 0.6 is 11.8 Å². The quantitative estimate of drug-likeness (QED) is 0.633. The van der Waals surface area contributed by atoms with Gasteiger partial charge in [0.05, 0.1) is 23.3 Å². The highest BCUT2D eigenvalue weighted by Crippen LogP contribution is 2.22. The van der Waals surface area contributed by atoms with E-state index in [1.165, 1.54) is 5.82 Å². The van der Waals surface area contributed by atoms with Crippen LogP contribution in [0.15, 0.2) is 36.4 Å². The summed E-state index contributed by atoms with van der Waals surface area (Å²) in [6, 6.07) is 12.2. The molecule has 1 amide bonds. The van der Waals surface area contributed by atoms with Crippen molar-refractivity contribution in [2.45, 2.75) is 32.2 Å². The number of para-hydroxylation sites is 1. The van der Waals surface area contributed by atoms with E-state index in [0.29, 0.717) is 0 Å². The number of hydrogen-bond acceptors (Lipinski definition) is 6. The molecule has 0 aliphatic carbocycles. The predicted molar refractivity (Wildman–Crippen MR) is 128 cm³/mol. The minimum atomic E-state index is -0.336. The summed E-state index contributed by atoms with van der Waals surface area (Å²) in [5.74, 6) is 3.15. The number of carbonyl (C=O) groups is 1. The van der Waals surface area contributed by atoms with Crippen LogP contribution < -0.4 is 10.6 Å². The molecule has 2 aliphatic heterocycles. The van der Waals surface area contributed by atoms with Crippen LogP contribution in [-0.2, 0) is 4.79 Å². The zero-order chi connectivity index (χ0) is 21.6. The number of thioether (sulfide) groups is 1. The van der Waals surface area contributed by atoms with Crippen molar-refractivity contribution in [2.24, 2.45) is 5.73 Å². The Morgan fingerprint density at radius 1 is 1.13 bits per heavy atom. The van der Waals surface area contributed by atoms with Crippen molar-refractivity contribution in [3.8, 4) is 5.69 Å². The summed E-state index contributed by atoms with van der Waals surface area (Å²) < 4.78 is 2.06. The van der Waals surface area contributed by atoms with Crippen LogP contribution in [0.2, 0.25) is 0 Å². The molecule has 8 heteroatoms. The second-order valence-electron chi connectivity index (χ2n) is 8.46. The molecule has 1 atom stereocenters. The van der Waals surface area contributed by atoms with Gasteiger partial charge in [-0.05, 0) is 38.4 Å². The Balaban J connectivity index is 1.21. The lowest BCUT2D eigenvalue weighted by Gasteiger charge is -2.36. The maximum absolute atomic E-state index is 12.3. The van der Waals surface area contributed by atoms with Gasteiger partial charge in [-0.2, -0.15) is 5.10 Å². The molecule has 2 aliphatic rings. The summed E-state index contributed by atoms with van der Waals surface area (Å²) in [6.07, 6.45) is 2.89. The summed E-state index contributed by atoms with van der Waals surface area (Å²) in [4.78, 5) is 19.2. The minimum absolute atomic E-state index is 0.129. The summed E-state index contributed by atoms with van der Waals surface area (Å²) in [5.41, 5.74) is 8.28. The van der Waals surface area contributed by atoms with Crippen LogP contribution in [0.1, 0.15) is 25.0 Å². The molecule has 2 fully saturated rings. The number of hydrogen-bond donors (Lipinski definition) is 1. The number of unbranched alkanes of at least 4 members (excludes halogenated alkanes) is 1. The predicted octanol–water partition coefficient (Wildman–Crippen LogP) is 2.33. The van der Waals surface area contributed by atoms with Gasteiger partial charge >= 0.3 is 0 Å². The lowest BCUT2D eigenvalue weighted by molar-refractivity contribution is -0.131. The number of aryl methyl sites for hydroxylation is 1. The number of piperazine rings is 1. The van der Waals surface area contributed by atoms with Gasteiger partial charge in [-0.15, -0.1) is 11.8 Å². The fourth-order valence-corrected chi connectivity index (χ4v) is 5.27. The van der Waals surface area contributed by atoms with E-state index in [4.69, 9.17) is 10.8 Å². The molecular formula is C23H34N6OS. The number of amides is 1. The number of rotatable bonds is 8. The maximum Gasteiger partial charge on any atom is 0.240 e. The molecule has 0 bridgehead atoms. The van der Waals surface area contributed by atoms with Crippen LogP contribution in [0.4, 0.5) is 5.82 Å². The van der Waals surface area contributed by atoms with E-state index in [1.54, 1.807) is 0 Å². The van der Waals surface area contributed by atoms with Crippen molar-refractivity contribution in [1.29, 1.82) is 0 Å². The Labute approximate surface area is 189 Å². The number of carbonyl (C=O) groups excluding carboxylic acids is 1. The van der Waals surface area contributed by atoms with Crippen molar-refractivity contribution >= 4 is 23.5 Å². The molecule has 2 aromatic rings. The Bertz CT molecular complexity index is 843. The normalized spacial score (nSPS) is 18.5. The van der Waals surface area contributed by atoms with Gasteiger partial charge in [0.2, 0.25) is 5.91 Å². The first-order valence-electron chi connectivity index (χ1n) is 11.3. The SMILES string of the molecule is Cc1cc(N2CCN(CCCCC(N)C(=O)N3CCSC3)CC2)n(-c2ccccc2)n1. The second-order valence-corrected chi connectivity index (χ2v) is 9.54. The van der Waals surface area contributed by atoms with Crippen molar-refractivity contribution in [3.05, 3.63) is 42.1 Å². The highest BCUT2D eigenvalue weighted by Gasteiger charge is 2.24. The zero-order valence-corrected chi connectivity index (χ0v) is 19.3. The van der Waals surface area contributed by atoms with Gasteiger partial charge < -0.3 is 15.5 Å². The first-order chi connectivity index (χ1) is 15.1. The maximum atomic E-state index is 12.3. The standard InChI is InChI=1S/C23H34N6OS/c1-19-17-22(29(25-19)20-7-3-2-4-8-20)27-13-11-26(12-14-27)10-6-5-9-21(24)23(30)28-15-16-31-18-28/h2-4,7-8,17,21H,5-6,9-16,18,24H2,1H3. The van der Waals surface area contributed by atoms with Gasteiger partial charge in [-0.25, -0.2) is 4.68 Å². The number of benzene rings is 1. The molecule has 0 spiro atoms. The molecule has 2 saturated heterocycles. The topological polar surface area (TPSA) is 70.6 Å². The number of anilines is 1. The number of aromatic nitrogens is 2. The largest absolute Gasteiger partial charge is 0.354 e. The number of nitrogens with zero attached hydrogens (tertiary/aromatic N) is 5. The van der Waals surface area contributed by atoms with Gasteiger partial charge in [0.15, 0.2) is 0 Å². The van der Waals surface area contributed by atoms with Crippen LogP contribution in [0.25, 0.3) is 5.69 Å². The highest BCUT2D eigenvalue weighted by molar-refractivity contribution is 7.99. The second kappa shape index (κ2) is 10.5. The average Bonchev–Trinajstić information content (AvgIpc) is 3.47. The van der Waals surface area contributed by atoms with Crippen molar-refractivity contribution < 1.29 is 4.79 Å². The third-order valence-electron chi connectivity index (χ3n) is 6.13. The Morgan fingerprint density at radius 3 is 2.61 bits per heavy atom. The van der Waals surface area contributed by atoms with Gasteiger partial charge in [-0.1, -0.05) is 24.6 Å². The van der Waals surface area contributed by atoms with Crippen molar-refractivity contribution in [1.82, 2.24) is 19.6 Å². The first-order valence-corrected chi connectivity index (χ1v) is 12.5. The lowest BCUT2D eigenvalue weighted by atomic mass is 10.1. The van der Waals surface area contributed by atoms with Crippen LogP contribution in [0.3, 0.4) is 0 Å². The third-order valence-corrected chi connectivity index (χ3v) is 7.10. The molecule has 0 radical (unpaired) electrons. The molecule has 1 aromatic heterocycles. The molecule has 168 valence electrons. The molecule has 0 saturated carbocycles. The van der Waals surface area contributed by atoms with Gasteiger partial charge in [0.25, 0.3) is 0 Å². The zero-order valence-electron chi connectivity index (χ0n) is 18.4. The molecule has 1 aromatic carbocycles. The monoisotopic (exact) mass is 442 g/mol. The fourth-order valence-electron chi connectivity index (χ4n) is 4.32. The van der Waals surface area contributed by atoms with E-state index < -0.39 is 0 Å². The van der Waals surface area contributed by atoms with Gasteiger partial charge in [0.1, 0.15) is 5.82 Å². The Hall–Kier alpha value is -2.03. The van der Waals surface area contributed by atoms with Crippen molar-refractivity contribution in [2.75, 3.05) is 55.8 Å². The van der Waals surface area contributed by atoms with Gasteiger partial charge in [-0.3, -0.25) is 9.69 Å². The van der Waals surface area contributed by atoms with E-state index in [9.17, 15) is 4.79 Å². The van der Waals surface area contributed by atoms with E-state index in [-0.39, 0.29) is 11.9 Å². The molecular weight excluding hydrogens is 408 g/mol. The minimum Gasteiger partial charge on any atom is -0.354 e. The van der Waals surface area contributed by atoms with E-state index in [0.717, 1.165) is 81.5 Å². The van der Waals surface area contributed by atoms with E-state index in [1.807, 2.05) is 22.7 Å². The molecule has 31 heavy (non-hydrogen) atoms. The molecule has 7 nitrogen and oxygen atoms in total. The molecule has 1 unspecified atom stereocenters. The Morgan fingerprint density at radius 2 is 1.90 bits per heavy atom. The van der Waals surface area contributed by atoms with Crippen LogP contribution in [0.5, 0.6) is 0 Å². The van der Waals surface area contributed by atoms with Crippen LogP contribution in [0, 0.1) is 6.92 Å². The summed E-state index contributed by atoms with van der Waals surface area (Å²) in [6.45, 7) is 8.09. The van der Waals surface area contributed by atoms with E-state index >= 15 is 0 Å². The smallest absolute Gasteiger partial charge is 0.240 e. The van der Waals surface area contributed by atoms with Crippen LogP contribution in [-0.4, -0.2) is 82.4 Å². The van der Waals surface area contributed by atoms with Crippen molar-refractivity contribution in [3.63, 3.8) is 0 Å². The average molecular weight is 443 g/mol. The summed E-state index contributed by atoms with van der Waals surface area (Å²) >= 11 is 1.81.